The molecule has 0 bridgehead atoms. The summed E-state index contributed by atoms with van der Waals surface area (Å²) < 4.78 is 9.92. The molecule has 1 saturated heterocycles. The Kier molecular flexibility index (Phi) is 4.39. The summed E-state index contributed by atoms with van der Waals surface area (Å²) in [5.41, 5.74) is 0. The zero-order chi connectivity index (χ0) is 14.7. The maximum atomic E-state index is 12.1. The zero-order valence-electron chi connectivity index (χ0n) is 11.9. The second kappa shape index (κ2) is 6.04. The van der Waals surface area contributed by atoms with E-state index in [-0.39, 0.29) is 30.2 Å². The maximum Gasteiger partial charge on any atom is 0.231 e. The van der Waals surface area contributed by atoms with Crippen molar-refractivity contribution in [2.45, 2.75) is 26.3 Å². The lowest BCUT2D eigenvalue weighted by molar-refractivity contribution is -0.130. The first-order valence-electron chi connectivity index (χ1n) is 6.54. The molecule has 1 N–H and O–H groups in total. The minimum absolute atomic E-state index is 0.0222. The highest BCUT2D eigenvalue weighted by Crippen LogP contribution is 2.22. The molecule has 1 aliphatic heterocycles. The molecule has 0 unspecified atom stereocenters. The molecule has 7 heteroatoms. The Morgan fingerprint density at radius 1 is 1.70 bits per heavy atom. The molecule has 2 amide bonds. The summed E-state index contributed by atoms with van der Waals surface area (Å²) in [6.07, 6.45) is 0.219. The van der Waals surface area contributed by atoms with Crippen molar-refractivity contribution in [2.75, 3.05) is 25.6 Å². The smallest absolute Gasteiger partial charge is 0.231 e. The SMILES string of the molecule is COC[C@@H](C)N1C[C@@H](C(=O)Nc2cc(C)on2)CC1=O. The van der Waals surface area contributed by atoms with Crippen molar-refractivity contribution in [1.29, 1.82) is 0 Å². The Bertz CT molecular complexity index is 500. The number of hydrogen-bond acceptors (Lipinski definition) is 5. The first-order chi connectivity index (χ1) is 9.51. The number of methoxy groups -OCH3 is 1. The van der Waals surface area contributed by atoms with Gasteiger partial charge in [-0.05, 0) is 13.8 Å². The predicted octanol–water partition coefficient (Wildman–Crippen LogP) is 0.805. The number of nitrogens with one attached hydrogen (secondary N) is 1. The third kappa shape index (κ3) is 3.16. The summed E-state index contributed by atoms with van der Waals surface area (Å²) in [7, 11) is 1.59. The average molecular weight is 281 g/mol. The maximum absolute atomic E-state index is 12.1. The van der Waals surface area contributed by atoms with Crippen molar-refractivity contribution in [3.63, 3.8) is 0 Å². The minimum Gasteiger partial charge on any atom is -0.383 e. The second-order valence-electron chi connectivity index (χ2n) is 5.06. The van der Waals surface area contributed by atoms with E-state index in [0.717, 1.165) is 0 Å². The first kappa shape index (κ1) is 14.5. The topological polar surface area (TPSA) is 84.7 Å². The summed E-state index contributed by atoms with van der Waals surface area (Å²) in [6.45, 7) is 4.52. The van der Waals surface area contributed by atoms with E-state index >= 15 is 0 Å². The van der Waals surface area contributed by atoms with Gasteiger partial charge in [0.25, 0.3) is 0 Å². The van der Waals surface area contributed by atoms with Gasteiger partial charge in [0, 0.05) is 26.1 Å². The van der Waals surface area contributed by atoms with Crippen LogP contribution in [0.1, 0.15) is 19.1 Å². The standard InChI is InChI=1S/C13H19N3O4/c1-8(7-19-3)16-6-10(5-12(16)17)13(18)14-11-4-9(2)20-15-11/h4,8,10H,5-7H2,1-3H3,(H,14,15,18)/t8-,10+/m1/s1. The molecule has 0 spiro atoms. The van der Waals surface area contributed by atoms with Crippen LogP contribution in [0, 0.1) is 12.8 Å². The molecule has 20 heavy (non-hydrogen) atoms. The van der Waals surface area contributed by atoms with Gasteiger partial charge in [0.05, 0.1) is 18.6 Å². The quantitative estimate of drug-likeness (QED) is 0.863. The molecular weight excluding hydrogens is 262 g/mol. The lowest BCUT2D eigenvalue weighted by Gasteiger charge is -2.23. The second-order valence-corrected chi connectivity index (χ2v) is 5.06. The number of likely N-dealkylation sites (tertiary alicyclic amines) is 1. The lowest BCUT2D eigenvalue weighted by Crippen LogP contribution is -2.38. The van der Waals surface area contributed by atoms with E-state index in [2.05, 4.69) is 10.5 Å². The molecule has 2 heterocycles. The molecule has 1 aliphatic rings. The normalized spacial score (nSPS) is 20.2. The van der Waals surface area contributed by atoms with E-state index < -0.39 is 0 Å². The molecule has 1 aromatic rings. The number of carbonyl (C=O) groups is 2. The number of aryl methyl sites for hydroxylation is 1. The van der Waals surface area contributed by atoms with Crippen LogP contribution in [-0.2, 0) is 14.3 Å². The number of amides is 2. The van der Waals surface area contributed by atoms with E-state index in [9.17, 15) is 9.59 Å². The summed E-state index contributed by atoms with van der Waals surface area (Å²) in [4.78, 5) is 25.7. The van der Waals surface area contributed by atoms with Crippen LogP contribution in [0.2, 0.25) is 0 Å². The fourth-order valence-electron chi connectivity index (χ4n) is 2.32. The lowest BCUT2D eigenvalue weighted by atomic mass is 10.1. The van der Waals surface area contributed by atoms with Gasteiger partial charge in [0.1, 0.15) is 5.76 Å². The molecule has 7 nitrogen and oxygen atoms in total. The Morgan fingerprint density at radius 2 is 2.45 bits per heavy atom. The van der Waals surface area contributed by atoms with Crippen LogP contribution in [0.15, 0.2) is 10.6 Å². The number of nitrogens with zero attached hydrogens (tertiary/aromatic N) is 2. The van der Waals surface area contributed by atoms with Crippen molar-refractivity contribution in [2.24, 2.45) is 5.92 Å². The van der Waals surface area contributed by atoms with Crippen LogP contribution in [0.4, 0.5) is 5.82 Å². The van der Waals surface area contributed by atoms with Crippen molar-refractivity contribution in [3.05, 3.63) is 11.8 Å². The van der Waals surface area contributed by atoms with Gasteiger partial charge in [-0.1, -0.05) is 5.16 Å². The monoisotopic (exact) mass is 281 g/mol. The number of rotatable bonds is 5. The van der Waals surface area contributed by atoms with Crippen LogP contribution in [0.3, 0.4) is 0 Å². The number of aromatic nitrogens is 1. The Morgan fingerprint density at radius 3 is 3.05 bits per heavy atom. The minimum atomic E-state index is -0.362. The fourth-order valence-corrected chi connectivity index (χ4v) is 2.32. The summed E-state index contributed by atoms with van der Waals surface area (Å²) in [5, 5.41) is 6.37. The molecular formula is C13H19N3O4. The van der Waals surface area contributed by atoms with Gasteiger partial charge in [-0.15, -0.1) is 0 Å². The predicted molar refractivity (Wildman–Crippen MR) is 71.0 cm³/mol. The van der Waals surface area contributed by atoms with Gasteiger partial charge in [0.2, 0.25) is 11.8 Å². The number of ether oxygens (including phenoxy) is 1. The summed E-state index contributed by atoms with van der Waals surface area (Å²) in [5.74, 6) is 0.407. The molecule has 0 saturated carbocycles. The summed E-state index contributed by atoms with van der Waals surface area (Å²) in [6, 6.07) is 1.61. The molecule has 0 radical (unpaired) electrons. The van der Waals surface area contributed by atoms with E-state index in [4.69, 9.17) is 9.26 Å². The van der Waals surface area contributed by atoms with E-state index in [1.807, 2.05) is 6.92 Å². The average Bonchev–Trinajstić information content (AvgIpc) is 2.96. The fraction of sp³-hybridized carbons (Fsp3) is 0.615. The van der Waals surface area contributed by atoms with Crippen LogP contribution in [0.25, 0.3) is 0 Å². The van der Waals surface area contributed by atoms with E-state index in [1.54, 1.807) is 25.0 Å². The van der Waals surface area contributed by atoms with Crippen LogP contribution in [-0.4, -0.2) is 48.2 Å². The Hall–Kier alpha value is -1.89. The van der Waals surface area contributed by atoms with Crippen LogP contribution in [0.5, 0.6) is 0 Å². The number of carbonyl (C=O) groups excluding carboxylic acids is 2. The molecule has 0 aliphatic carbocycles. The molecule has 0 aromatic carbocycles. The molecule has 2 rings (SSSR count). The first-order valence-corrected chi connectivity index (χ1v) is 6.54. The molecule has 1 fully saturated rings. The highest BCUT2D eigenvalue weighted by Gasteiger charge is 2.36. The number of anilines is 1. The third-order valence-corrected chi connectivity index (χ3v) is 3.35. The third-order valence-electron chi connectivity index (χ3n) is 3.35. The van der Waals surface area contributed by atoms with Crippen LogP contribution >= 0.6 is 0 Å². The van der Waals surface area contributed by atoms with Crippen molar-refractivity contribution < 1.29 is 18.8 Å². The van der Waals surface area contributed by atoms with Gasteiger partial charge in [-0.3, -0.25) is 9.59 Å². The molecule has 2 atom stereocenters. The molecule has 1 aromatic heterocycles. The van der Waals surface area contributed by atoms with Crippen molar-refractivity contribution >= 4 is 17.6 Å². The van der Waals surface area contributed by atoms with Gasteiger partial charge in [0.15, 0.2) is 5.82 Å². The zero-order valence-corrected chi connectivity index (χ0v) is 11.9. The van der Waals surface area contributed by atoms with Gasteiger partial charge >= 0.3 is 0 Å². The summed E-state index contributed by atoms with van der Waals surface area (Å²) >= 11 is 0. The van der Waals surface area contributed by atoms with Gasteiger partial charge in [-0.2, -0.15) is 0 Å². The highest BCUT2D eigenvalue weighted by molar-refractivity contribution is 5.96. The van der Waals surface area contributed by atoms with Gasteiger partial charge in [-0.25, -0.2) is 0 Å². The Labute approximate surface area is 117 Å². The van der Waals surface area contributed by atoms with Crippen LogP contribution < -0.4 is 5.32 Å². The number of hydrogen-bond donors (Lipinski definition) is 1. The van der Waals surface area contributed by atoms with E-state index in [1.165, 1.54) is 0 Å². The van der Waals surface area contributed by atoms with Gasteiger partial charge < -0.3 is 19.5 Å². The largest absolute Gasteiger partial charge is 0.383 e. The highest BCUT2D eigenvalue weighted by atomic mass is 16.5. The molecule has 110 valence electrons. The van der Waals surface area contributed by atoms with Crippen molar-refractivity contribution in [1.82, 2.24) is 10.1 Å². The van der Waals surface area contributed by atoms with Crippen molar-refractivity contribution in [3.8, 4) is 0 Å². The Balaban J connectivity index is 1.94. The van der Waals surface area contributed by atoms with E-state index in [0.29, 0.717) is 24.7 Å².